The molecule has 0 saturated carbocycles. The van der Waals surface area contributed by atoms with E-state index in [4.69, 9.17) is 16.3 Å². The number of nitrogens with zero attached hydrogens (tertiary/aromatic N) is 3. The molecule has 1 N–H and O–H groups in total. The Labute approximate surface area is 193 Å². The molecule has 0 bridgehead atoms. The van der Waals surface area contributed by atoms with E-state index in [2.05, 4.69) is 10.2 Å². The van der Waals surface area contributed by atoms with Gasteiger partial charge in [0.25, 0.3) is 0 Å². The number of aromatic nitrogens is 2. The molecular weight excluding hydrogens is 467 g/mol. The highest BCUT2D eigenvalue weighted by Gasteiger charge is 2.33. The molecule has 11 heteroatoms. The van der Waals surface area contributed by atoms with Crippen LogP contribution in [-0.4, -0.2) is 50.2 Å². The lowest BCUT2D eigenvalue weighted by atomic mass is 10.1. The summed E-state index contributed by atoms with van der Waals surface area (Å²) in [5.74, 6) is -0.625. The van der Waals surface area contributed by atoms with Crippen LogP contribution < -0.4 is 0 Å². The van der Waals surface area contributed by atoms with Crippen molar-refractivity contribution in [2.24, 2.45) is 0 Å². The van der Waals surface area contributed by atoms with E-state index in [-0.39, 0.29) is 27.6 Å². The number of phenolic OH excluding ortho intramolecular Hbond substituents is 1. The summed E-state index contributed by atoms with van der Waals surface area (Å²) in [5.41, 5.74) is -1.47. The Morgan fingerprint density at radius 1 is 1.25 bits per heavy atom. The number of aromatic hydroxyl groups is 1. The average Bonchev–Trinajstić information content (AvgIpc) is 2.67. The quantitative estimate of drug-likeness (QED) is 0.568. The van der Waals surface area contributed by atoms with Crippen molar-refractivity contribution >= 4 is 29.5 Å². The molecule has 2 aromatic rings. The first-order valence-electron chi connectivity index (χ1n) is 9.92. The lowest BCUT2D eigenvalue weighted by Crippen LogP contribution is -2.43. The number of benzene rings is 1. The van der Waals surface area contributed by atoms with Gasteiger partial charge in [0.1, 0.15) is 16.4 Å². The maximum atomic E-state index is 12.9. The van der Waals surface area contributed by atoms with E-state index < -0.39 is 23.1 Å². The van der Waals surface area contributed by atoms with Crippen LogP contribution in [0.5, 0.6) is 5.75 Å². The highest BCUT2D eigenvalue weighted by atomic mass is 35.5. The molecule has 1 atom stereocenters. The molecule has 32 heavy (non-hydrogen) atoms. The lowest BCUT2D eigenvalue weighted by molar-refractivity contribution is -0.137. The van der Waals surface area contributed by atoms with E-state index in [0.29, 0.717) is 24.2 Å². The Hall–Kier alpha value is -2.20. The molecule has 0 radical (unpaired) electrons. The number of rotatable bonds is 3. The van der Waals surface area contributed by atoms with Gasteiger partial charge in [0.05, 0.1) is 21.8 Å². The number of carbonyl (C=O) groups excluding carboxylic acids is 1. The number of thioether (sulfide) groups is 1. The minimum absolute atomic E-state index is 0.0162. The van der Waals surface area contributed by atoms with Crippen LogP contribution in [0.1, 0.15) is 39.2 Å². The van der Waals surface area contributed by atoms with E-state index in [1.807, 2.05) is 20.8 Å². The van der Waals surface area contributed by atoms with Crippen molar-refractivity contribution in [1.82, 2.24) is 15.1 Å². The largest absolute Gasteiger partial charge is 0.507 e. The summed E-state index contributed by atoms with van der Waals surface area (Å²) in [6, 6.07) is 4.55. The Kier molecular flexibility index (Phi) is 7.14. The highest BCUT2D eigenvalue weighted by Crippen LogP contribution is 2.41. The van der Waals surface area contributed by atoms with Crippen molar-refractivity contribution in [2.75, 3.05) is 13.1 Å². The Balaban J connectivity index is 1.70. The summed E-state index contributed by atoms with van der Waals surface area (Å²) in [6.45, 7) is 6.59. The number of likely N-dealkylation sites (tertiary alicyclic amines) is 1. The van der Waals surface area contributed by atoms with Gasteiger partial charge in [-0.2, -0.15) is 13.2 Å². The highest BCUT2D eigenvalue weighted by molar-refractivity contribution is 7.99. The monoisotopic (exact) mass is 489 g/mol. The zero-order chi connectivity index (χ0) is 23.7. The molecule has 0 spiro atoms. The average molecular weight is 490 g/mol. The molecule has 2 heterocycles. The zero-order valence-electron chi connectivity index (χ0n) is 17.7. The van der Waals surface area contributed by atoms with Gasteiger partial charge >= 0.3 is 12.3 Å². The van der Waals surface area contributed by atoms with Gasteiger partial charge in [-0.1, -0.05) is 23.4 Å². The second kappa shape index (κ2) is 9.35. The number of phenols is 1. The molecule has 0 aliphatic carbocycles. The van der Waals surface area contributed by atoms with Crippen LogP contribution in [0.4, 0.5) is 18.0 Å². The van der Waals surface area contributed by atoms with E-state index in [0.717, 1.165) is 18.9 Å². The summed E-state index contributed by atoms with van der Waals surface area (Å²) in [6.07, 6.45) is -3.26. The second-order valence-corrected chi connectivity index (χ2v) is 10.1. The van der Waals surface area contributed by atoms with Crippen molar-refractivity contribution < 1.29 is 27.8 Å². The molecule has 3 rings (SSSR count). The molecule has 1 aliphatic heterocycles. The zero-order valence-corrected chi connectivity index (χ0v) is 19.3. The van der Waals surface area contributed by atoms with Gasteiger partial charge in [-0.15, -0.1) is 10.2 Å². The van der Waals surface area contributed by atoms with E-state index in [1.54, 1.807) is 11.0 Å². The molecule has 0 unspecified atom stereocenters. The maximum absolute atomic E-state index is 12.9. The predicted molar refractivity (Wildman–Crippen MR) is 116 cm³/mol. The fourth-order valence-corrected chi connectivity index (χ4v) is 4.65. The third-order valence-corrected chi connectivity index (χ3v) is 6.09. The summed E-state index contributed by atoms with van der Waals surface area (Å²) < 4.78 is 44.1. The maximum Gasteiger partial charge on any atom is 0.416 e. The van der Waals surface area contributed by atoms with Crippen molar-refractivity contribution in [3.8, 4) is 17.0 Å². The number of ether oxygens (including phenoxy) is 1. The molecular formula is C21H23ClF3N3O3S. The molecule has 1 aliphatic rings. The molecule has 174 valence electrons. The standard InChI is InChI=1S/C21H23ClF3N3O3S/c1-20(2,3)31-19(30)28-8-4-5-13(11-28)32-17-7-6-15(26-27-17)18-14(22)9-12(10-16(18)29)21(23,24)25/h6-7,9-10,13,29H,4-5,8,11H2,1-3H3/t13-/m1/s1. The molecule has 1 amide bonds. The number of piperidine rings is 1. The number of carbonyl (C=O) groups is 1. The Morgan fingerprint density at radius 2 is 1.97 bits per heavy atom. The summed E-state index contributed by atoms with van der Waals surface area (Å²) in [4.78, 5) is 14.0. The molecule has 1 fully saturated rings. The molecule has 6 nitrogen and oxygen atoms in total. The van der Waals surface area contributed by atoms with Crippen molar-refractivity contribution in [1.29, 1.82) is 0 Å². The fraction of sp³-hybridized carbons (Fsp3) is 0.476. The minimum atomic E-state index is -4.63. The van der Waals surface area contributed by atoms with E-state index in [1.165, 1.54) is 17.8 Å². The molecule has 1 saturated heterocycles. The molecule has 1 aromatic heterocycles. The third kappa shape index (κ3) is 6.19. The first-order valence-corrected chi connectivity index (χ1v) is 11.2. The van der Waals surface area contributed by atoms with Gasteiger partial charge in [0.15, 0.2) is 0 Å². The number of hydrogen-bond donors (Lipinski definition) is 1. The number of halogens is 4. The number of amides is 1. The van der Waals surface area contributed by atoms with Gasteiger partial charge < -0.3 is 14.7 Å². The lowest BCUT2D eigenvalue weighted by Gasteiger charge is -2.33. The first kappa shape index (κ1) is 24.4. The van der Waals surface area contributed by atoms with Gasteiger partial charge in [0.2, 0.25) is 0 Å². The topological polar surface area (TPSA) is 75.5 Å². The van der Waals surface area contributed by atoms with Crippen LogP contribution in [0.3, 0.4) is 0 Å². The molecule has 1 aromatic carbocycles. The summed E-state index contributed by atoms with van der Waals surface area (Å²) in [5, 5.41) is 18.6. The summed E-state index contributed by atoms with van der Waals surface area (Å²) >= 11 is 7.43. The van der Waals surface area contributed by atoms with Crippen LogP contribution >= 0.6 is 23.4 Å². The van der Waals surface area contributed by atoms with Crippen LogP contribution in [0, 0.1) is 0 Å². The van der Waals surface area contributed by atoms with Crippen molar-refractivity contribution in [2.45, 2.75) is 55.7 Å². The minimum Gasteiger partial charge on any atom is -0.507 e. The van der Waals surface area contributed by atoms with Crippen LogP contribution in [0.2, 0.25) is 5.02 Å². The van der Waals surface area contributed by atoms with Crippen LogP contribution in [0.25, 0.3) is 11.3 Å². The second-order valence-electron chi connectivity index (χ2n) is 8.42. The van der Waals surface area contributed by atoms with Crippen LogP contribution in [0.15, 0.2) is 29.3 Å². The van der Waals surface area contributed by atoms with Crippen molar-refractivity contribution in [3.05, 3.63) is 34.9 Å². The SMILES string of the molecule is CC(C)(C)OC(=O)N1CCC[C@@H](Sc2ccc(-c3c(O)cc(C(F)(F)F)cc3Cl)nn2)C1. The normalized spacial score (nSPS) is 17.3. The Bertz CT molecular complexity index is 958. The Morgan fingerprint density at radius 3 is 2.53 bits per heavy atom. The van der Waals surface area contributed by atoms with Crippen LogP contribution in [-0.2, 0) is 10.9 Å². The van der Waals surface area contributed by atoms with E-state index in [9.17, 15) is 23.1 Å². The number of hydrogen-bond acceptors (Lipinski definition) is 6. The third-order valence-electron chi connectivity index (χ3n) is 4.61. The summed E-state index contributed by atoms with van der Waals surface area (Å²) in [7, 11) is 0. The first-order chi connectivity index (χ1) is 14.8. The predicted octanol–water partition coefficient (Wildman–Crippen LogP) is 6.01. The van der Waals surface area contributed by atoms with Gasteiger partial charge in [-0.05, 0) is 57.9 Å². The number of alkyl halides is 3. The van der Waals surface area contributed by atoms with Gasteiger partial charge in [-0.3, -0.25) is 0 Å². The van der Waals surface area contributed by atoms with E-state index >= 15 is 0 Å². The van der Waals surface area contributed by atoms with Gasteiger partial charge in [-0.25, -0.2) is 4.79 Å². The van der Waals surface area contributed by atoms with Crippen molar-refractivity contribution in [3.63, 3.8) is 0 Å². The smallest absolute Gasteiger partial charge is 0.416 e. The van der Waals surface area contributed by atoms with Gasteiger partial charge in [0, 0.05) is 18.3 Å². The fourth-order valence-electron chi connectivity index (χ4n) is 3.22.